The zero-order valence-corrected chi connectivity index (χ0v) is 12.9. The Hall–Kier alpha value is -1.00. The van der Waals surface area contributed by atoms with E-state index in [-0.39, 0.29) is 0 Å². The third kappa shape index (κ3) is 4.03. The van der Waals surface area contributed by atoms with Gasteiger partial charge in [-0.15, -0.1) is 0 Å². The average Bonchev–Trinajstić information content (AvgIpc) is 2.38. The van der Waals surface area contributed by atoms with Crippen molar-refractivity contribution >= 4 is 22.0 Å². The van der Waals surface area contributed by atoms with Crippen LogP contribution >= 0.6 is 15.9 Å². The van der Waals surface area contributed by atoms with Crippen LogP contribution in [-0.4, -0.2) is 26.8 Å². The molecule has 1 aromatic carbocycles. The lowest BCUT2D eigenvalue weighted by molar-refractivity contribution is 0.309. The largest absolute Gasteiger partial charge is 0.493 e. The summed E-state index contributed by atoms with van der Waals surface area (Å²) in [6, 6.07) is 4.32. The summed E-state index contributed by atoms with van der Waals surface area (Å²) in [5.74, 6) is 1.49. The van der Waals surface area contributed by atoms with E-state index < -0.39 is 0 Å². The predicted octanol–water partition coefficient (Wildman–Crippen LogP) is 3.48. The summed E-state index contributed by atoms with van der Waals surface area (Å²) in [7, 11) is 3.58. The van der Waals surface area contributed by atoms with Crippen molar-refractivity contribution in [2.24, 2.45) is 0 Å². The number of ether oxygens (including phenoxy) is 2. The lowest BCUT2D eigenvalue weighted by atomic mass is 10.1. The number of hydrogen-bond acceptors (Lipinski definition) is 3. The Bertz CT molecular complexity index is 419. The quantitative estimate of drug-likeness (QED) is 0.872. The van der Waals surface area contributed by atoms with Crippen LogP contribution in [0, 0.1) is 0 Å². The molecule has 0 fully saturated rings. The van der Waals surface area contributed by atoms with E-state index in [0.29, 0.717) is 12.6 Å². The van der Waals surface area contributed by atoms with E-state index in [4.69, 9.17) is 9.47 Å². The maximum Gasteiger partial charge on any atom is 0.175 e. The van der Waals surface area contributed by atoms with Crippen LogP contribution in [0.3, 0.4) is 0 Å². The fraction of sp³-hybridized carbons (Fsp3) is 0.429. The lowest BCUT2D eigenvalue weighted by Crippen LogP contribution is -2.17. The van der Waals surface area contributed by atoms with Crippen LogP contribution in [0.2, 0.25) is 0 Å². The van der Waals surface area contributed by atoms with Gasteiger partial charge in [0.2, 0.25) is 0 Å². The molecule has 1 rings (SSSR count). The van der Waals surface area contributed by atoms with Gasteiger partial charge in [-0.1, -0.05) is 12.2 Å². The van der Waals surface area contributed by atoms with E-state index in [1.165, 1.54) is 0 Å². The van der Waals surface area contributed by atoms with Crippen LogP contribution in [0.4, 0.5) is 0 Å². The number of nitrogens with one attached hydrogen (secondary N) is 1. The molecule has 0 heterocycles. The van der Waals surface area contributed by atoms with Crippen molar-refractivity contribution in [3.8, 4) is 11.5 Å². The standard InChI is InChI=1S/C14H20BrNO2/c1-5-18-14-12(15)8-11(9-13(14)17-4)7-6-10(2)16-3/h6-10,16H,5H2,1-4H3/b7-6+. The fourth-order valence-electron chi connectivity index (χ4n) is 1.47. The molecule has 0 aliphatic carbocycles. The number of benzene rings is 1. The monoisotopic (exact) mass is 313 g/mol. The van der Waals surface area contributed by atoms with Crippen LogP contribution in [0.25, 0.3) is 6.08 Å². The summed E-state index contributed by atoms with van der Waals surface area (Å²) in [4.78, 5) is 0. The molecule has 0 bridgehead atoms. The number of rotatable bonds is 6. The highest BCUT2D eigenvalue weighted by Crippen LogP contribution is 2.36. The molecule has 4 heteroatoms. The minimum absolute atomic E-state index is 0.335. The van der Waals surface area contributed by atoms with E-state index in [9.17, 15) is 0 Å². The van der Waals surface area contributed by atoms with Gasteiger partial charge in [-0.25, -0.2) is 0 Å². The third-order valence-corrected chi connectivity index (χ3v) is 3.16. The molecule has 1 unspecified atom stereocenters. The fourth-order valence-corrected chi connectivity index (χ4v) is 2.05. The predicted molar refractivity (Wildman–Crippen MR) is 79.4 cm³/mol. The van der Waals surface area contributed by atoms with Gasteiger partial charge >= 0.3 is 0 Å². The van der Waals surface area contributed by atoms with Gasteiger partial charge in [-0.3, -0.25) is 0 Å². The minimum Gasteiger partial charge on any atom is -0.493 e. The first-order valence-electron chi connectivity index (χ1n) is 5.98. The van der Waals surface area contributed by atoms with E-state index in [0.717, 1.165) is 21.5 Å². The summed E-state index contributed by atoms with van der Waals surface area (Å²) in [5, 5.41) is 3.16. The van der Waals surface area contributed by atoms with Crippen LogP contribution in [0.1, 0.15) is 19.4 Å². The average molecular weight is 314 g/mol. The zero-order chi connectivity index (χ0) is 13.5. The highest BCUT2D eigenvalue weighted by Gasteiger charge is 2.10. The molecule has 0 aliphatic heterocycles. The molecule has 1 aromatic rings. The van der Waals surface area contributed by atoms with E-state index >= 15 is 0 Å². The van der Waals surface area contributed by atoms with Crippen molar-refractivity contribution in [3.63, 3.8) is 0 Å². The number of hydrogen-bond donors (Lipinski definition) is 1. The van der Waals surface area contributed by atoms with Crippen LogP contribution < -0.4 is 14.8 Å². The van der Waals surface area contributed by atoms with Gasteiger partial charge in [0.25, 0.3) is 0 Å². The molecule has 0 radical (unpaired) electrons. The molecule has 0 spiro atoms. The van der Waals surface area contributed by atoms with E-state index in [2.05, 4.69) is 40.3 Å². The maximum absolute atomic E-state index is 5.55. The molecule has 100 valence electrons. The molecule has 18 heavy (non-hydrogen) atoms. The van der Waals surface area contributed by atoms with Gasteiger partial charge in [0, 0.05) is 6.04 Å². The first kappa shape index (κ1) is 15.1. The van der Waals surface area contributed by atoms with Gasteiger partial charge in [0.15, 0.2) is 11.5 Å². The number of methoxy groups -OCH3 is 1. The Morgan fingerprint density at radius 3 is 2.72 bits per heavy atom. The summed E-state index contributed by atoms with van der Waals surface area (Å²) in [6.07, 6.45) is 4.16. The van der Waals surface area contributed by atoms with Gasteiger partial charge in [-0.2, -0.15) is 0 Å². The molecule has 0 saturated heterocycles. The summed E-state index contributed by atoms with van der Waals surface area (Å²) in [6.45, 7) is 4.66. The SMILES string of the molecule is CCOc1c(Br)cc(/C=C/C(C)NC)cc1OC. The highest BCUT2D eigenvalue weighted by atomic mass is 79.9. The van der Waals surface area contributed by atoms with Crippen LogP contribution in [-0.2, 0) is 0 Å². The molecular weight excluding hydrogens is 294 g/mol. The summed E-state index contributed by atoms with van der Waals surface area (Å²) < 4.78 is 11.8. The molecular formula is C14H20BrNO2. The van der Waals surface area contributed by atoms with Crippen molar-refractivity contribution in [3.05, 3.63) is 28.2 Å². The Morgan fingerprint density at radius 2 is 2.17 bits per heavy atom. The first-order valence-corrected chi connectivity index (χ1v) is 6.77. The summed E-state index contributed by atoms with van der Waals surface area (Å²) in [5.41, 5.74) is 1.07. The number of halogens is 1. The molecule has 0 saturated carbocycles. The summed E-state index contributed by atoms with van der Waals surface area (Å²) >= 11 is 3.51. The van der Waals surface area contributed by atoms with E-state index in [1.54, 1.807) is 7.11 Å². The Morgan fingerprint density at radius 1 is 1.44 bits per heavy atom. The molecule has 0 aliphatic rings. The van der Waals surface area contributed by atoms with E-state index in [1.807, 2.05) is 26.1 Å². The normalized spacial score (nSPS) is 12.7. The highest BCUT2D eigenvalue weighted by molar-refractivity contribution is 9.10. The Balaban J connectivity index is 3.02. The van der Waals surface area contributed by atoms with Crippen molar-refractivity contribution in [1.82, 2.24) is 5.32 Å². The second kappa shape index (κ2) is 7.44. The minimum atomic E-state index is 0.335. The van der Waals surface area contributed by atoms with Crippen molar-refractivity contribution in [2.45, 2.75) is 19.9 Å². The Kier molecular flexibility index (Phi) is 6.22. The molecule has 3 nitrogen and oxygen atoms in total. The third-order valence-electron chi connectivity index (χ3n) is 2.57. The molecule has 1 atom stereocenters. The molecule has 0 amide bonds. The second-order valence-electron chi connectivity index (χ2n) is 3.90. The first-order chi connectivity index (χ1) is 8.62. The molecule has 1 N–H and O–H groups in total. The molecule has 0 aromatic heterocycles. The van der Waals surface area contributed by atoms with Crippen molar-refractivity contribution in [1.29, 1.82) is 0 Å². The van der Waals surface area contributed by atoms with Gasteiger partial charge in [0.1, 0.15) is 0 Å². The van der Waals surface area contributed by atoms with Crippen LogP contribution in [0.15, 0.2) is 22.7 Å². The second-order valence-corrected chi connectivity index (χ2v) is 4.76. The van der Waals surface area contributed by atoms with Gasteiger partial charge < -0.3 is 14.8 Å². The van der Waals surface area contributed by atoms with Crippen LogP contribution in [0.5, 0.6) is 11.5 Å². The van der Waals surface area contributed by atoms with Crippen molar-refractivity contribution in [2.75, 3.05) is 20.8 Å². The van der Waals surface area contributed by atoms with Gasteiger partial charge in [0.05, 0.1) is 18.2 Å². The lowest BCUT2D eigenvalue weighted by Gasteiger charge is -2.12. The van der Waals surface area contributed by atoms with Crippen molar-refractivity contribution < 1.29 is 9.47 Å². The topological polar surface area (TPSA) is 30.5 Å². The van der Waals surface area contributed by atoms with Gasteiger partial charge in [-0.05, 0) is 54.5 Å². The Labute approximate surface area is 117 Å². The maximum atomic E-state index is 5.55. The smallest absolute Gasteiger partial charge is 0.175 e. The number of likely N-dealkylation sites (N-methyl/N-ethyl adjacent to an activating group) is 1. The zero-order valence-electron chi connectivity index (χ0n) is 11.3.